The van der Waals surface area contributed by atoms with Crippen LogP contribution in [0.25, 0.3) is 11.1 Å². The molecule has 5 heterocycles. The highest BCUT2D eigenvalue weighted by Gasteiger charge is 2.36. The smallest absolute Gasteiger partial charge is 0.419 e. The number of piperidine rings is 2. The number of amides is 5. The Balaban J connectivity index is 0.000000362. The van der Waals surface area contributed by atoms with Crippen LogP contribution in [0.4, 0.5) is 15.3 Å². The Kier molecular flexibility index (Phi) is 15.4. The van der Waals surface area contributed by atoms with Crippen LogP contribution in [0, 0.1) is 12.8 Å². The molecule has 7 rings (SSSR count). The molecule has 4 aliphatic heterocycles. The predicted octanol–water partition coefficient (Wildman–Crippen LogP) is 4.65. The number of anilines is 1. The topological polar surface area (TPSA) is 167 Å². The predicted molar refractivity (Wildman–Crippen MR) is 228 cm³/mol. The Morgan fingerprint density at radius 1 is 0.917 bits per heavy atom. The Bertz CT molecular complexity index is 2060. The van der Waals surface area contributed by atoms with Crippen molar-refractivity contribution in [3.63, 3.8) is 0 Å². The molecule has 3 fully saturated rings. The van der Waals surface area contributed by atoms with Crippen LogP contribution in [0.15, 0.2) is 45.6 Å². The third kappa shape index (κ3) is 10.9. The van der Waals surface area contributed by atoms with Gasteiger partial charge < -0.3 is 38.8 Å². The number of hydrogen-bond acceptors (Lipinski definition) is 10. The summed E-state index contributed by atoms with van der Waals surface area (Å²) in [6.07, 6.45) is 4.34. The maximum absolute atomic E-state index is 13.8. The fourth-order valence-corrected chi connectivity index (χ4v) is 8.39. The molecule has 3 saturated heterocycles. The number of oxazole rings is 1. The molecule has 0 radical (unpaired) electrons. The van der Waals surface area contributed by atoms with Crippen molar-refractivity contribution in [2.24, 2.45) is 13.0 Å². The number of aryl methyl sites for hydroxylation is 2. The molecule has 328 valence electrons. The first-order valence-electron chi connectivity index (χ1n) is 20.8. The van der Waals surface area contributed by atoms with Crippen molar-refractivity contribution in [1.29, 1.82) is 0 Å². The summed E-state index contributed by atoms with van der Waals surface area (Å²) in [4.78, 5) is 83.8. The molecule has 1 N–H and O–H groups in total. The van der Waals surface area contributed by atoms with Crippen LogP contribution in [0.1, 0.15) is 69.6 Å². The average Bonchev–Trinajstić information content (AvgIpc) is 3.72. The van der Waals surface area contributed by atoms with Crippen LogP contribution in [-0.4, -0.2) is 144 Å². The Morgan fingerprint density at radius 2 is 1.60 bits per heavy atom. The number of esters is 1. The number of likely N-dealkylation sites (tertiary alicyclic amines) is 3. The highest BCUT2D eigenvalue weighted by Crippen LogP contribution is 2.27. The minimum atomic E-state index is -1.00. The van der Waals surface area contributed by atoms with E-state index in [1.807, 2.05) is 54.1 Å². The van der Waals surface area contributed by atoms with E-state index in [9.17, 15) is 28.8 Å². The van der Waals surface area contributed by atoms with E-state index >= 15 is 0 Å². The van der Waals surface area contributed by atoms with Crippen LogP contribution >= 0.6 is 0 Å². The summed E-state index contributed by atoms with van der Waals surface area (Å²) in [5, 5.41) is 3.03. The minimum absolute atomic E-state index is 0. The lowest BCUT2D eigenvalue weighted by atomic mass is 9.98. The van der Waals surface area contributed by atoms with Gasteiger partial charge in [-0.15, -0.1) is 0 Å². The zero-order chi connectivity index (χ0) is 42.4. The summed E-state index contributed by atoms with van der Waals surface area (Å²) in [7, 11) is 6.83. The summed E-state index contributed by atoms with van der Waals surface area (Å²) >= 11 is 0. The van der Waals surface area contributed by atoms with Gasteiger partial charge >= 0.3 is 23.8 Å². The van der Waals surface area contributed by atoms with E-state index in [2.05, 4.69) is 12.2 Å². The Labute approximate surface area is 352 Å². The second kappa shape index (κ2) is 20.3. The van der Waals surface area contributed by atoms with Crippen LogP contribution in [0.5, 0.6) is 0 Å². The highest BCUT2D eigenvalue weighted by molar-refractivity contribution is 5.91. The van der Waals surface area contributed by atoms with E-state index in [4.69, 9.17) is 13.9 Å². The molecule has 0 saturated carbocycles. The van der Waals surface area contributed by atoms with E-state index in [-0.39, 0.29) is 56.4 Å². The van der Waals surface area contributed by atoms with E-state index in [1.54, 1.807) is 37.0 Å². The first-order chi connectivity index (χ1) is 28.2. The number of benzene rings is 2. The van der Waals surface area contributed by atoms with E-state index in [0.29, 0.717) is 62.6 Å². The second-order valence-corrected chi connectivity index (χ2v) is 16.6. The molecule has 0 bridgehead atoms. The van der Waals surface area contributed by atoms with Crippen molar-refractivity contribution in [1.82, 2.24) is 29.1 Å². The van der Waals surface area contributed by atoms with Gasteiger partial charge in [-0.25, -0.2) is 14.4 Å². The number of carbonyl (C=O) groups excluding carboxylic acids is 5. The quantitative estimate of drug-likeness (QED) is 0.316. The standard InChI is InChI=1S/C33H41N5O6.C10H18N2O3.CH4/c1-21-8-13-36(14-9-21)30(39)28(20-23-18-22(2)29-27(19-23)43-32(41)35(29)3)44-33(42)37-15-11-25(12-16-37)38-17-10-24-6-4-5-7-26(24)34-31(38)40;1-11(2)9(13)7-15-10(14)8-5-4-6-12(8)3;/h4-7,18-19,21,25,28H,8-17,20H2,1-3H3,(H,34,40);8H,4-7H2,1-3H3;1H4/t28-;8-;/m11./s1. The van der Waals surface area contributed by atoms with Crippen LogP contribution in [-0.2, 0) is 43.7 Å². The molecule has 16 nitrogen and oxygen atoms in total. The van der Waals surface area contributed by atoms with Crippen LogP contribution < -0.4 is 11.1 Å². The van der Waals surface area contributed by atoms with Gasteiger partial charge in [0.15, 0.2) is 18.3 Å². The Morgan fingerprint density at radius 3 is 2.27 bits per heavy atom. The molecule has 5 amide bonds. The molecular formula is C44H63N7O9. The largest absolute Gasteiger partial charge is 0.454 e. The fraction of sp³-hybridized carbons (Fsp3) is 0.591. The van der Waals surface area contributed by atoms with Crippen molar-refractivity contribution in [3.05, 3.63) is 63.6 Å². The van der Waals surface area contributed by atoms with Crippen molar-refractivity contribution in [2.45, 2.75) is 90.8 Å². The van der Waals surface area contributed by atoms with Gasteiger partial charge in [-0.2, -0.15) is 0 Å². The lowest BCUT2D eigenvalue weighted by molar-refractivity contribution is -0.154. The summed E-state index contributed by atoms with van der Waals surface area (Å²) in [6, 6.07) is 11.3. The van der Waals surface area contributed by atoms with Gasteiger partial charge in [-0.1, -0.05) is 38.6 Å². The number of likely N-dealkylation sites (N-methyl/N-ethyl adjacent to an activating group) is 2. The molecule has 0 unspecified atom stereocenters. The summed E-state index contributed by atoms with van der Waals surface area (Å²) in [5.41, 5.74) is 4.72. The van der Waals surface area contributed by atoms with Gasteiger partial charge in [0.1, 0.15) is 6.04 Å². The van der Waals surface area contributed by atoms with Crippen molar-refractivity contribution >= 4 is 46.7 Å². The molecule has 1 aromatic heterocycles. The van der Waals surface area contributed by atoms with Crippen LogP contribution in [0.2, 0.25) is 0 Å². The maximum Gasteiger partial charge on any atom is 0.419 e. The number of aromatic nitrogens is 1. The summed E-state index contributed by atoms with van der Waals surface area (Å²) in [5.74, 6) is -0.581. The molecule has 4 aliphatic rings. The van der Waals surface area contributed by atoms with Gasteiger partial charge in [-0.05, 0) is 100 Å². The fourth-order valence-electron chi connectivity index (χ4n) is 8.39. The lowest BCUT2D eigenvalue weighted by Crippen LogP contribution is -2.51. The number of para-hydroxylation sites is 1. The van der Waals surface area contributed by atoms with Gasteiger partial charge in [0.2, 0.25) is 0 Å². The lowest BCUT2D eigenvalue weighted by Gasteiger charge is -2.38. The van der Waals surface area contributed by atoms with Gasteiger partial charge in [0.25, 0.3) is 11.8 Å². The molecule has 2 atom stereocenters. The molecule has 0 aliphatic carbocycles. The van der Waals surface area contributed by atoms with Gasteiger partial charge in [0.05, 0.1) is 5.52 Å². The number of urea groups is 1. The van der Waals surface area contributed by atoms with Gasteiger partial charge in [-0.3, -0.25) is 23.9 Å². The molecule has 2 aromatic carbocycles. The SMILES string of the molecule is C.CN(C)C(=O)COC(=O)[C@H]1CCCN1C.Cc1cc(C[C@@H](OC(=O)N2CCC(N3CCc4ccccc4NC3=O)CC2)C(=O)N2CCC(C)CC2)cc2oc(=O)n(C)c12. The van der Waals surface area contributed by atoms with Crippen molar-refractivity contribution < 1.29 is 37.9 Å². The zero-order valence-electron chi connectivity index (χ0n) is 35.2. The monoisotopic (exact) mass is 833 g/mol. The number of fused-ring (bicyclic) bond motifs is 2. The highest BCUT2D eigenvalue weighted by atomic mass is 16.6. The number of ether oxygens (including phenoxy) is 2. The van der Waals surface area contributed by atoms with Crippen molar-refractivity contribution in [2.75, 3.05) is 72.3 Å². The third-order valence-corrected chi connectivity index (χ3v) is 12.1. The normalized spacial score (nSPS) is 19.3. The van der Waals surface area contributed by atoms with Crippen molar-refractivity contribution in [3.8, 4) is 0 Å². The minimum Gasteiger partial charge on any atom is -0.454 e. The molecule has 16 heteroatoms. The van der Waals surface area contributed by atoms with E-state index in [0.717, 1.165) is 61.0 Å². The van der Waals surface area contributed by atoms with E-state index < -0.39 is 18.0 Å². The number of nitrogens with zero attached hydrogens (tertiary/aromatic N) is 6. The summed E-state index contributed by atoms with van der Waals surface area (Å²) in [6.45, 7) is 7.59. The van der Waals surface area contributed by atoms with Crippen LogP contribution in [0.3, 0.4) is 0 Å². The maximum atomic E-state index is 13.8. The first kappa shape index (κ1) is 45.7. The summed E-state index contributed by atoms with van der Waals surface area (Å²) < 4.78 is 17.8. The van der Waals surface area contributed by atoms with E-state index in [1.165, 1.54) is 9.47 Å². The molecule has 0 spiro atoms. The number of carbonyl (C=O) groups is 5. The second-order valence-electron chi connectivity index (χ2n) is 16.6. The molecule has 60 heavy (non-hydrogen) atoms. The Hall–Kier alpha value is -5.38. The average molecular weight is 834 g/mol. The van der Waals surface area contributed by atoms with Gasteiger partial charge in [0, 0.05) is 72.0 Å². The number of rotatable bonds is 8. The first-order valence-corrected chi connectivity index (χ1v) is 20.8. The number of hydrogen-bond donors (Lipinski definition) is 1. The molecule has 3 aromatic rings. The zero-order valence-corrected chi connectivity index (χ0v) is 35.2. The number of nitrogens with one attached hydrogen (secondary N) is 1. The molecular weight excluding hydrogens is 771 g/mol. The third-order valence-electron chi connectivity index (χ3n) is 12.1.